The van der Waals surface area contributed by atoms with Crippen LogP contribution >= 0.6 is 11.8 Å². The quantitative estimate of drug-likeness (QED) is 0.588. The van der Waals surface area contributed by atoms with Crippen LogP contribution in [0.2, 0.25) is 0 Å². The molecule has 1 aromatic heterocycles. The van der Waals surface area contributed by atoms with E-state index in [0.29, 0.717) is 17.3 Å². The van der Waals surface area contributed by atoms with Gasteiger partial charge in [0.1, 0.15) is 5.82 Å². The third kappa shape index (κ3) is 4.77. The summed E-state index contributed by atoms with van der Waals surface area (Å²) in [6, 6.07) is 7.43. The monoisotopic (exact) mass is 386 g/mol. The molecule has 0 saturated heterocycles. The van der Waals surface area contributed by atoms with E-state index in [1.54, 1.807) is 24.3 Å². The SMILES string of the molecule is CC(=O)c1cccc(NC(=O)[C@@H](C)Sc2nnc(C)n2C2CCCCC2)c1. The van der Waals surface area contributed by atoms with Gasteiger partial charge >= 0.3 is 0 Å². The molecule has 0 aliphatic heterocycles. The highest BCUT2D eigenvalue weighted by Gasteiger charge is 2.24. The third-order valence-corrected chi connectivity index (χ3v) is 6.02. The second kappa shape index (κ2) is 8.69. The number of aryl methyl sites for hydroxylation is 1. The number of thioether (sulfide) groups is 1. The van der Waals surface area contributed by atoms with Crippen molar-refractivity contribution in [2.45, 2.75) is 69.3 Å². The minimum absolute atomic E-state index is 0.0235. The van der Waals surface area contributed by atoms with Crippen molar-refractivity contribution in [1.82, 2.24) is 14.8 Å². The summed E-state index contributed by atoms with van der Waals surface area (Å²) in [7, 11) is 0. The molecule has 2 aromatic rings. The first kappa shape index (κ1) is 19.6. The van der Waals surface area contributed by atoms with Crippen molar-refractivity contribution in [3.8, 4) is 0 Å². The summed E-state index contributed by atoms with van der Waals surface area (Å²) in [5.41, 5.74) is 1.21. The zero-order chi connectivity index (χ0) is 19.4. The molecule has 1 N–H and O–H groups in total. The molecule has 1 amide bonds. The van der Waals surface area contributed by atoms with Crippen LogP contribution in [0.5, 0.6) is 0 Å². The smallest absolute Gasteiger partial charge is 0.237 e. The van der Waals surface area contributed by atoms with E-state index in [1.807, 2.05) is 13.8 Å². The van der Waals surface area contributed by atoms with Gasteiger partial charge in [-0.25, -0.2) is 0 Å². The maximum Gasteiger partial charge on any atom is 0.237 e. The molecule has 7 heteroatoms. The average molecular weight is 387 g/mol. The number of ketones is 1. The molecular weight excluding hydrogens is 360 g/mol. The molecule has 6 nitrogen and oxygen atoms in total. The van der Waals surface area contributed by atoms with Gasteiger partial charge in [0, 0.05) is 17.3 Å². The van der Waals surface area contributed by atoms with Gasteiger partial charge < -0.3 is 9.88 Å². The number of nitrogens with zero attached hydrogens (tertiary/aromatic N) is 3. The van der Waals surface area contributed by atoms with Crippen molar-refractivity contribution in [2.75, 3.05) is 5.32 Å². The summed E-state index contributed by atoms with van der Waals surface area (Å²) in [6.45, 7) is 5.35. The fourth-order valence-corrected chi connectivity index (χ4v) is 4.43. The molecule has 0 radical (unpaired) electrons. The van der Waals surface area contributed by atoms with Gasteiger partial charge in [0.2, 0.25) is 5.91 Å². The minimum atomic E-state index is -0.322. The number of anilines is 1. The second-order valence-electron chi connectivity index (χ2n) is 7.08. The van der Waals surface area contributed by atoms with Crippen molar-refractivity contribution < 1.29 is 9.59 Å². The van der Waals surface area contributed by atoms with Crippen LogP contribution in [0.4, 0.5) is 5.69 Å². The van der Waals surface area contributed by atoms with Gasteiger partial charge in [-0.3, -0.25) is 9.59 Å². The molecule has 0 bridgehead atoms. The first-order valence-corrected chi connectivity index (χ1v) is 10.3. The van der Waals surface area contributed by atoms with Crippen molar-refractivity contribution in [3.05, 3.63) is 35.7 Å². The molecule has 0 unspecified atom stereocenters. The van der Waals surface area contributed by atoms with Crippen LogP contribution < -0.4 is 5.32 Å². The van der Waals surface area contributed by atoms with Crippen LogP contribution in [0.3, 0.4) is 0 Å². The highest BCUT2D eigenvalue weighted by molar-refractivity contribution is 8.00. The summed E-state index contributed by atoms with van der Waals surface area (Å²) in [5.74, 6) is 0.771. The molecule has 27 heavy (non-hydrogen) atoms. The Labute approximate surface area is 164 Å². The van der Waals surface area contributed by atoms with Gasteiger partial charge in [0.25, 0.3) is 0 Å². The van der Waals surface area contributed by atoms with Gasteiger partial charge in [-0.05, 0) is 45.7 Å². The highest BCUT2D eigenvalue weighted by Crippen LogP contribution is 2.33. The number of hydrogen-bond donors (Lipinski definition) is 1. The number of amides is 1. The van der Waals surface area contributed by atoms with Gasteiger partial charge in [-0.15, -0.1) is 10.2 Å². The topological polar surface area (TPSA) is 76.9 Å². The predicted molar refractivity (Wildman–Crippen MR) is 107 cm³/mol. The Hall–Kier alpha value is -2.15. The molecule has 1 saturated carbocycles. The summed E-state index contributed by atoms with van der Waals surface area (Å²) in [4.78, 5) is 24.1. The Balaban J connectivity index is 1.68. The van der Waals surface area contributed by atoms with E-state index in [9.17, 15) is 9.59 Å². The summed E-state index contributed by atoms with van der Waals surface area (Å²) in [5, 5.41) is 11.9. The molecule has 144 valence electrons. The molecule has 1 atom stereocenters. The Kier molecular flexibility index (Phi) is 6.31. The fourth-order valence-electron chi connectivity index (χ4n) is 3.46. The fraction of sp³-hybridized carbons (Fsp3) is 0.500. The molecular formula is C20H26N4O2S. The predicted octanol–water partition coefficient (Wildman–Crippen LogP) is 4.41. The number of carbonyl (C=O) groups is 2. The summed E-state index contributed by atoms with van der Waals surface area (Å²) >= 11 is 1.43. The normalized spacial score (nSPS) is 16.1. The van der Waals surface area contributed by atoms with Gasteiger partial charge in [0.05, 0.1) is 5.25 Å². The first-order chi connectivity index (χ1) is 13.0. The Bertz CT molecular complexity index is 827. The number of hydrogen-bond acceptors (Lipinski definition) is 5. The van der Waals surface area contributed by atoms with Gasteiger partial charge in [-0.2, -0.15) is 0 Å². The van der Waals surface area contributed by atoms with E-state index in [-0.39, 0.29) is 16.9 Å². The van der Waals surface area contributed by atoms with E-state index in [1.165, 1.54) is 37.9 Å². The lowest BCUT2D eigenvalue weighted by Gasteiger charge is -2.25. The van der Waals surface area contributed by atoms with Crippen molar-refractivity contribution >= 4 is 29.1 Å². The number of benzene rings is 1. The van der Waals surface area contributed by atoms with Crippen molar-refractivity contribution in [2.24, 2.45) is 0 Å². The van der Waals surface area contributed by atoms with Crippen LogP contribution in [0.15, 0.2) is 29.4 Å². The lowest BCUT2D eigenvalue weighted by atomic mass is 9.95. The lowest BCUT2D eigenvalue weighted by molar-refractivity contribution is -0.115. The number of rotatable bonds is 6. The van der Waals surface area contributed by atoms with Crippen LogP contribution in [0.25, 0.3) is 0 Å². The number of nitrogens with one attached hydrogen (secondary N) is 1. The van der Waals surface area contributed by atoms with Crippen LogP contribution in [0, 0.1) is 6.92 Å². The molecule has 3 rings (SSSR count). The maximum absolute atomic E-state index is 12.6. The van der Waals surface area contributed by atoms with E-state index in [2.05, 4.69) is 20.1 Å². The summed E-state index contributed by atoms with van der Waals surface area (Å²) < 4.78 is 2.20. The molecule has 1 fully saturated rings. The highest BCUT2D eigenvalue weighted by atomic mass is 32.2. The molecule has 1 aliphatic rings. The molecule has 1 aliphatic carbocycles. The zero-order valence-corrected chi connectivity index (χ0v) is 16.9. The van der Waals surface area contributed by atoms with E-state index in [4.69, 9.17) is 0 Å². The summed E-state index contributed by atoms with van der Waals surface area (Å²) in [6.07, 6.45) is 6.04. The number of carbonyl (C=O) groups excluding carboxylic acids is 2. The Morgan fingerprint density at radius 1 is 1.22 bits per heavy atom. The van der Waals surface area contributed by atoms with Crippen molar-refractivity contribution in [3.63, 3.8) is 0 Å². The van der Waals surface area contributed by atoms with Crippen LogP contribution in [-0.4, -0.2) is 31.7 Å². The van der Waals surface area contributed by atoms with Crippen LogP contribution in [0.1, 0.15) is 68.2 Å². The van der Waals surface area contributed by atoms with Gasteiger partial charge in [-0.1, -0.05) is 43.2 Å². The standard InChI is InChI=1S/C20H26N4O2S/c1-13(25)16-8-7-9-17(12-16)21-19(26)14(2)27-20-23-22-15(3)24(20)18-10-5-4-6-11-18/h7-9,12,14,18H,4-6,10-11H2,1-3H3,(H,21,26)/t14-/m1/s1. The second-order valence-corrected chi connectivity index (χ2v) is 8.39. The molecule has 0 spiro atoms. The van der Waals surface area contributed by atoms with Crippen molar-refractivity contribution in [1.29, 1.82) is 0 Å². The average Bonchev–Trinajstić information content (AvgIpc) is 3.02. The van der Waals surface area contributed by atoms with E-state index in [0.717, 1.165) is 23.8 Å². The largest absolute Gasteiger partial charge is 0.325 e. The van der Waals surface area contributed by atoms with Gasteiger partial charge in [0.15, 0.2) is 10.9 Å². The van der Waals surface area contributed by atoms with E-state index < -0.39 is 0 Å². The van der Waals surface area contributed by atoms with E-state index >= 15 is 0 Å². The lowest BCUT2D eigenvalue weighted by Crippen LogP contribution is -2.23. The minimum Gasteiger partial charge on any atom is -0.325 e. The molecule has 1 aromatic carbocycles. The zero-order valence-electron chi connectivity index (χ0n) is 16.1. The Morgan fingerprint density at radius 3 is 2.67 bits per heavy atom. The number of aromatic nitrogens is 3. The third-order valence-electron chi connectivity index (χ3n) is 4.96. The Morgan fingerprint density at radius 2 is 1.96 bits per heavy atom. The maximum atomic E-state index is 12.6. The number of Topliss-reactive ketones (excluding diaryl/α,β-unsaturated/α-hetero) is 1. The van der Waals surface area contributed by atoms with Crippen LogP contribution in [-0.2, 0) is 4.79 Å². The first-order valence-electron chi connectivity index (χ1n) is 9.45. The molecule has 1 heterocycles.